The third-order valence-corrected chi connectivity index (χ3v) is 4.05. The molecule has 2 rings (SSSR count). The molecule has 2 N–H and O–H groups in total. The number of urea groups is 1. The van der Waals surface area contributed by atoms with E-state index in [9.17, 15) is 4.79 Å². The van der Waals surface area contributed by atoms with Crippen LogP contribution in [0.2, 0.25) is 0 Å². The summed E-state index contributed by atoms with van der Waals surface area (Å²) in [4.78, 5) is 20.1. The van der Waals surface area contributed by atoms with Crippen molar-refractivity contribution in [1.82, 2.24) is 15.3 Å². The van der Waals surface area contributed by atoms with E-state index in [0.29, 0.717) is 12.4 Å². The third kappa shape index (κ3) is 4.26. The number of aryl methyl sites for hydroxylation is 1. The number of amides is 2. The summed E-state index contributed by atoms with van der Waals surface area (Å²) in [6.45, 7) is 4.47. The average Bonchev–Trinajstić information content (AvgIpc) is 2.46. The van der Waals surface area contributed by atoms with Gasteiger partial charge in [0.15, 0.2) is 0 Å². The van der Waals surface area contributed by atoms with Gasteiger partial charge in [0.2, 0.25) is 0 Å². The van der Waals surface area contributed by atoms with Gasteiger partial charge in [-0.3, -0.25) is 10.3 Å². The molecule has 2 aromatic rings. The van der Waals surface area contributed by atoms with Crippen molar-refractivity contribution in [3.8, 4) is 0 Å². The second-order valence-electron chi connectivity index (χ2n) is 4.70. The zero-order valence-electron chi connectivity index (χ0n) is 12.0. The number of nitrogens with zero attached hydrogens (tertiary/aromatic N) is 2. The summed E-state index contributed by atoms with van der Waals surface area (Å²) in [5, 5.41) is 5.58. The minimum absolute atomic E-state index is 0.254. The Morgan fingerprint density at radius 1 is 1.29 bits per heavy atom. The smallest absolute Gasteiger partial charge is 0.320 e. The summed E-state index contributed by atoms with van der Waals surface area (Å²) < 4.78 is 0.917. The fourth-order valence-corrected chi connectivity index (χ4v) is 2.19. The molecule has 0 aromatic carbocycles. The molecule has 2 heterocycles. The van der Waals surface area contributed by atoms with Gasteiger partial charge in [-0.05, 0) is 43.5 Å². The molecule has 0 unspecified atom stereocenters. The first-order valence-electron chi connectivity index (χ1n) is 6.63. The number of hydrogen-bond acceptors (Lipinski definition) is 3. The zero-order valence-corrected chi connectivity index (χ0v) is 13.6. The quantitative estimate of drug-likeness (QED) is 0.891. The summed E-state index contributed by atoms with van der Waals surface area (Å²) in [5.74, 6) is 0.557. The van der Waals surface area contributed by atoms with Crippen LogP contribution in [-0.4, -0.2) is 22.5 Å². The van der Waals surface area contributed by atoms with Crippen molar-refractivity contribution >= 4 is 27.8 Å². The molecular weight excluding hydrogens is 332 g/mol. The Hall–Kier alpha value is -1.95. The van der Waals surface area contributed by atoms with E-state index < -0.39 is 0 Å². The van der Waals surface area contributed by atoms with Crippen LogP contribution in [0.3, 0.4) is 0 Å². The van der Waals surface area contributed by atoms with Crippen LogP contribution < -0.4 is 10.6 Å². The van der Waals surface area contributed by atoms with Gasteiger partial charge in [0.1, 0.15) is 5.82 Å². The van der Waals surface area contributed by atoms with Gasteiger partial charge in [-0.2, -0.15) is 0 Å². The molecule has 0 fully saturated rings. The molecule has 0 aliphatic rings. The lowest BCUT2D eigenvalue weighted by molar-refractivity contribution is 0.252. The minimum atomic E-state index is -0.254. The molecule has 0 bridgehead atoms. The van der Waals surface area contributed by atoms with Crippen LogP contribution in [0.25, 0.3) is 0 Å². The van der Waals surface area contributed by atoms with Crippen molar-refractivity contribution in [1.29, 1.82) is 0 Å². The van der Waals surface area contributed by atoms with Gasteiger partial charge in [-0.15, -0.1) is 0 Å². The predicted molar refractivity (Wildman–Crippen MR) is 86.4 cm³/mol. The minimum Gasteiger partial charge on any atom is -0.337 e. The van der Waals surface area contributed by atoms with Crippen molar-refractivity contribution in [2.75, 3.05) is 11.9 Å². The van der Waals surface area contributed by atoms with E-state index in [4.69, 9.17) is 0 Å². The topological polar surface area (TPSA) is 66.9 Å². The molecule has 0 aliphatic carbocycles. The largest absolute Gasteiger partial charge is 0.337 e. The SMILES string of the molecule is Cc1cnccc1CCNC(=O)Nc1nccc(Br)c1C. The standard InChI is InChI=1S/C15H17BrN4O/c1-10-9-17-6-3-12(10)4-7-19-15(21)20-14-11(2)13(16)5-8-18-14/h3,5-6,8-9H,4,7H2,1-2H3,(H2,18,19,20,21). The van der Waals surface area contributed by atoms with Gasteiger partial charge in [0.05, 0.1) is 0 Å². The highest BCUT2D eigenvalue weighted by molar-refractivity contribution is 9.10. The molecule has 5 nitrogen and oxygen atoms in total. The van der Waals surface area contributed by atoms with E-state index in [2.05, 4.69) is 36.5 Å². The summed E-state index contributed by atoms with van der Waals surface area (Å²) in [6, 6.07) is 3.55. The van der Waals surface area contributed by atoms with Crippen LogP contribution in [0, 0.1) is 13.8 Å². The Balaban J connectivity index is 1.85. The fourth-order valence-electron chi connectivity index (χ4n) is 1.88. The Morgan fingerprint density at radius 2 is 2.10 bits per heavy atom. The van der Waals surface area contributed by atoms with Crippen molar-refractivity contribution < 1.29 is 4.79 Å². The number of halogens is 1. The molecular formula is C15H17BrN4O. The van der Waals surface area contributed by atoms with E-state index in [0.717, 1.165) is 22.0 Å². The van der Waals surface area contributed by atoms with E-state index in [1.54, 1.807) is 12.4 Å². The number of hydrogen-bond donors (Lipinski definition) is 2. The van der Waals surface area contributed by atoms with Crippen LogP contribution in [-0.2, 0) is 6.42 Å². The first kappa shape index (κ1) is 15.4. The van der Waals surface area contributed by atoms with E-state index in [1.807, 2.05) is 32.2 Å². The Bertz CT molecular complexity index is 645. The van der Waals surface area contributed by atoms with Gasteiger partial charge in [-0.1, -0.05) is 15.9 Å². The van der Waals surface area contributed by atoms with E-state index in [-0.39, 0.29) is 6.03 Å². The molecule has 21 heavy (non-hydrogen) atoms. The van der Waals surface area contributed by atoms with Crippen LogP contribution in [0.5, 0.6) is 0 Å². The first-order chi connectivity index (χ1) is 10.1. The van der Waals surface area contributed by atoms with Gasteiger partial charge in [-0.25, -0.2) is 9.78 Å². The number of rotatable bonds is 4. The normalized spacial score (nSPS) is 10.2. The highest BCUT2D eigenvalue weighted by Gasteiger charge is 2.07. The van der Waals surface area contributed by atoms with Gasteiger partial charge >= 0.3 is 6.03 Å². The fraction of sp³-hybridized carbons (Fsp3) is 0.267. The molecule has 0 aliphatic heterocycles. The first-order valence-corrected chi connectivity index (χ1v) is 7.42. The number of nitrogens with one attached hydrogen (secondary N) is 2. The van der Waals surface area contributed by atoms with Crippen molar-refractivity contribution in [2.24, 2.45) is 0 Å². The van der Waals surface area contributed by atoms with Crippen LogP contribution in [0.1, 0.15) is 16.7 Å². The van der Waals surface area contributed by atoms with Gasteiger partial charge < -0.3 is 5.32 Å². The monoisotopic (exact) mass is 348 g/mol. The second kappa shape index (κ2) is 7.17. The average molecular weight is 349 g/mol. The zero-order chi connectivity index (χ0) is 15.2. The molecule has 0 radical (unpaired) electrons. The molecule has 0 spiro atoms. The van der Waals surface area contributed by atoms with Crippen molar-refractivity contribution in [2.45, 2.75) is 20.3 Å². The van der Waals surface area contributed by atoms with Crippen LogP contribution >= 0.6 is 15.9 Å². The molecule has 6 heteroatoms. The molecule has 0 saturated heterocycles. The highest BCUT2D eigenvalue weighted by atomic mass is 79.9. The number of aromatic nitrogens is 2. The number of carbonyl (C=O) groups is 1. The Labute approximate surface area is 132 Å². The second-order valence-corrected chi connectivity index (χ2v) is 5.55. The van der Waals surface area contributed by atoms with Gasteiger partial charge in [0, 0.05) is 35.2 Å². The maximum atomic E-state index is 11.9. The van der Waals surface area contributed by atoms with Crippen molar-refractivity contribution in [3.63, 3.8) is 0 Å². The molecule has 0 atom stereocenters. The highest BCUT2D eigenvalue weighted by Crippen LogP contribution is 2.20. The van der Waals surface area contributed by atoms with E-state index >= 15 is 0 Å². The lowest BCUT2D eigenvalue weighted by Crippen LogP contribution is -2.31. The summed E-state index contributed by atoms with van der Waals surface area (Å²) in [5.41, 5.74) is 3.21. The Morgan fingerprint density at radius 3 is 2.86 bits per heavy atom. The Kier molecular flexibility index (Phi) is 5.27. The van der Waals surface area contributed by atoms with Gasteiger partial charge in [0.25, 0.3) is 0 Å². The third-order valence-electron chi connectivity index (χ3n) is 3.19. The number of carbonyl (C=O) groups excluding carboxylic acids is 1. The lowest BCUT2D eigenvalue weighted by Gasteiger charge is -2.10. The summed E-state index contributed by atoms with van der Waals surface area (Å²) >= 11 is 3.41. The lowest BCUT2D eigenvalue weighted by atomic mass is 10.1. The molecule has 2 amide bonds. The summed E-state index contributed by atoms with van der Waals surface area (Å²) in [6.07, 6.45) is 6.00. The molecule has 2 aromatic heterocycles. The van der Waals surface area contributed by atoms with Crippen LogP contribution in [0.4, 0.5) is 10.6 Å². The number of pyridine rings is 2. The number of anilines is 1. The maximum Gasteiger partial charge on any atom is 0.320 e. The van der Waals surface area contributed by atoms with Crippen molar-refractivity contribution in [3.05, 3.63) is 51.9 Å². The molecule has 110 valence electrons. The molecule has 0 saturated carbocycles. The van der Waals surface area contributed by atoms with Crippen LogP contribution in [0.15, 0.2) is 35.2 Å². The van der Waals surface area contributed by atoms with E-state index in [1.165, 1.54) is 5.56 Å². The maximum absolute atomic E-state index is 11.9. The summed E-state index contributed by atoms with van der Waals surface area (Å²) in [7, 11) is 0. The predicted octanol–water partition coefficient (Wildman–Crippen LogP) is 3.22.